The molecule has 0 bridgehead atoms. The molecule has 0 saturated heterocycles. The van der Waals surface area contributed by atoms with Gasteiger partial charge in [0.25, 0.3) is 0 Å². The number of esters is 1. The molecule has 0 aliphatic rings. The highest BCUT2D eigenvalue weighted by molar-refractivity contribution is 5.94. The van der Waals surface area contributed by atoms with E-state index in [2.05, 4.69) is 4.74 Å². The first-order valence-electron chi connectivity index (χ1n) is 4.88. The van der Waals surface area contributed by atoms with Gasteiger partial charge in [0.1, 0.15) is 0 Å². The van der Waals surface area contributed by atoms with Crippen LogP contribution in [0.5, 0.6) is 0 Å². The zero-order chi connectivity index (χ0) is 12.8. The average Bonchev–Trinajstić information content (AvgIpc) is 2.35. The second-order valence-electron chi connectivity index (χ2n) is 3.43. The lowest BCUT2D eigenvalue weighted by Gasteiger charge is -2.09. The van der Waals surface area contributed by atoms with E-state index in [4.69, 9.17) is 10.4 Å². The fraction of sp³-hybridized carbons (Fsp3) is 0.250. The molecule has 1 rings (SSSR count). The summed E-state index contributed by atoms with van der Waals surface area (Å²) >= 11 is 0. The molecule has 0 aromatic heterocycles. The van der Waals surface area contributed by atoms with Crippen molar-refractivity contribution in [1.82, 2.24) is 0 Å². The van der Waals surface area contributed by atoms with Gasteiger partial charge in [-0.15, -0.1) is 0 Å². The molecular formula is C12H11NO4. The van der Waals surface area contributed by atoms with Crippen molar-refractivity contribution in [3.63, 3.8) is 0 Å². The minimum atomic E-state index is -1.22. The summed E-state index contributed by atoms with van der Waals surface area (Å²) in [6.45, 7) is 0. The van der Waals surface area contributed by atoms with Gasteiger partial charge in [0.15, 0.2) is 5.92 Å². The summed E-state index contributed by atoms with van der Waals surface area (Å²) in [5, 5.41) is 17.5. The van der Waals surface area contributed by atoms with Crippen LogP contribution >= 0.6 is 0 Å². The molecule has 1 atom stereocenters. The van der Waals surface area contributed by atoms with Gasteiger partial charge in [-0.25, -0.2) is 0 Å². The van der Waals surface area contributed by atoms with Crippen molar-refractivity contribution in [2.75, 3.05) is 7.11 Å². The molecule has 0 amide bonds. The Labute approximate surface area is 98.2 Å². The second kappa shape index (κ2) is 5.66. The molecule has 5 heteroatoms. The van der Waals surface area contributed by atoms with Gasteiger partial charge in [-0.05, 0) is 24.1 Å². The van der Waals surface area contributed by atoms with Crippen LogP contribution in [0.2, 0.25) is 0 Å². The molecule has 0 saturated carbocycles. The van der Waals surface area contributed by atoms with Gasteiger partial charge in [-0.3, -0.25) is 9.59 Å². The average molecular weight is 233 g/mol. The Balaban J connectivity index is 2.83. The normalized spacial score (nSPS) is 11.3. The molecule has 0 radical (unpaired) electrons. The topological polar surface area (TPSA) is 87.4 Å². The minimum absolute atomic E-state index is 0.0493. The van der Waals surface area contributed by atoms with Crippen LogP contribution < -0.4 is 0 Å². The third kappa shape index (κ3) is 3.31. The Hall–Kier alpha value is -2.35. The molecular weight excluding hydrogens is 222 g/mol. The first-order valence-corrected chi connectivity index (χ1v) is 4.88. The largest absolute Gasteiger partial charge is 0.481 e. The SMILES string of the molecule is COC(=O)C(Cc1ccc(C#N)cc1)C(=O)O. The van der Waals surface area contributed by atoms with Crippen molar-refractivity contribution >= 4 is 11.9 Å². The van der Waals surface area contributed by atoms with Gasteiger partial charge < -0.3 is 9.84 Å². The Morgan fingerprint density at radius 2 is 2.00 bits per heavy atom. The van der Waals surface area contributed by atoms with Crippen LogP contribution in [0.3, 0.4) is 0 Å². The van der Waals surface area contributed by atoms with Gasteiger partial charge in [0.05, 0.1) is 18.7 Å². The van der Waals surface area contributed by atoms with E-state index in [9.17, 15) is 9.59 Å². The van der Waals surface area contributed by atoms with E-state index in [0.717, 1.165) is 7.11 Å². The minimum Gasteiger partial charge on any atom is -0.481 e. The maximum Gasteiger partial charge on any atom is 0.320 e. The number of hydrogen-bond acceptors (Lipinski definition) is 4. The van der Waals surface area contributed by atoms with Crippen molar-refractivity contribution in [2.45, 2.75) is 6.42 Å². The molecule has 17 heavy (non-hydrogen) atoms. The number of aliphatic carboxylic acids is 1. The third-order valence-corrected chi connectivity index (χ3v) is 2.31. The smallest absolute Gasteiger partial charge is 0.320 e. The lowest BCUT2D eigenvalue weighted by Crippen LogP contribution is -2.27. The number of nitriles is 1. The zero-order valence-corrected chi connectivity index (χ0v) is 9.21. The lowest BCUT2D eigenvalue weighted by molar-refractivity contribution is -0.156. The number of rotatable bonds is 4. The van der Waals surface area contributed by atoms with Gasteiger partial charge in [-0.1, -0.05) is 12.1 Å². The molecule has 1 aromatic rings. The maximum absolute atomic E-state index is 11.2. The van der Waals surface area contributed by atoms with Crippen molar-refractivity contribution in [3.05, 3.63) is 35.4 Å². The van der Waals surface area contributed by atoms with Crippen LogP contribution in [-0.2, 0) is 20.7 Å². The second-order valence-corrected chi connectivity index (χ2v) is 3.43. The molecule has 1 aromatic carbocycles. The molecule has 0 heterocycles. The highest BCUT2D eigenvalue weighted by atomic mass is 16.5. The molecule has 1 N–H and O–H groups in total. The van der Waals surface area contributed by atoms with Crippen LogP contribution in [0.15, 0.2) is 24.3 Å². The van der Waals surface area contributed by atoms with Gasteiger partial charge in [-0.2, -0.15) is 5.26 Å². The first kappa shape index (κ1) is 12.7. The van der Waals surface area contributed by atoms with E-state index in [1.165, 1.54) is 0 Å². The Bertz CT molecular complexity index is 458. The van der Waals surface area contributed by atoms with Crippen molar-refractivity contribution in [1.29, 1.82) is 5.26 Å². The summed E-state index contributed by atoms with van der Waals surface area (Å²) in [7, 11) is 1.15. The summed E-state index contributed by atoms with van der Waals surface area (Å²) < 4.78 is 4.42. The molecule has 0 spiro atoms. The maximum atomic E-state index is 11.2. The summed E-state index contributed by atoms with van der Waals surface area (Å²) in [6, 6.07) is 8.35. The molecule has 0 aliphatic heterocycles. The van der Waals surface area contributed by atoms with Gasteiger partial charge >= 0.3 is 11.9 Å². The number of carbonyl (C=O) groups is 2. The number of carboxylic acids is 1. The quantitative estimate of drug-likeness (QED) is 0.618. The number of benzene rings is 1. The highest BCUT2D eigenvalue weighted by Crippen LogP contribution is 2.12. The highest BCUT2D eigenvalue weighted by Gasteiger charge is 2.27. The number of carbonyl (C=O) groups excluding carboxylic acids is 1. The molecule has 88 valence electrons. The Kier molecular flexibility index (Phi) is 4.23. The van der Waals surface area contributed by atoms with E-state index in [1.807, 2.05) is 6.07 Å². The summed E-state index contributed by atoms with van der Waals surface area (Å²) in [6.07, 6.45) is 0.0493. The number of ether oxygens (including phenoxy) is 1. The van der Waals surface area contributed by atoms with E-state index in [-0.39, 0.29) is 6.42 Å². The Morgan fingerprint density at radius 3 is 2.41 bits per heavy atom. The summed E-state index contributed by atoms with van der Waals surface area (Å²) in [5.41, 5.74) is 1.15. The van der Waals surface area contributed by atoms with Crippen LogP contribution in [0, 0.1) is 17.2 Å². The predicted molar refractivity (Wildman–Crippen MR) is 58.0 cm³/mol. The van der Waals surface area contributed by atoms with Crippen LogP contribution in [0.4, 0.5) is 0 Å². The first-order chi connectivity index (χ1) is 8.08. The number of methoxy groups -OCH3 is 1. The van der Waals surface area contributed by atoms with E-state index >= 15 is 0 Å². The summed E-state index contributed by atoms with van der Waals surface area (Å²) in [5.74, 6) is -3.21. The lowest BCUT2D eigenvalue weighted by atomic mass is 9.99. The fourth-order valence-corrected chi connectivity index (χ4v) is 1.36. The standard InChI is InChI=1S/C12H11NO4/c1-17-12(16)10(11(14)15)6-8-2-4-9(7-13)5-3-8/h2-5,10H,6H2,1H3,(H,14,15). The number of carboxylic acid groups (broad SMARTS) is 1. The molecule has 5 nitrogen and oxygen atoms in total. The monoisotopic (exact) mass is 233 g/mol. The third-order valence-electron chi connectivity index (χ3n) is 2.31. The number of nitrogens with zero attached hydrogens (tertiary/aromatic N) is 1. The fourth-order valence-electron chi connectivity index (χ4n) is 1.36. The zero-order valence-electron chi connectivity index (χ0n) is 9.21. The number of hydrogen-bond donors (Lipinski definition) is 1. The molecule has 0 fully saturated rings. The van der Waals surface area contributed by atoms with Crippen molar-refractivity contribution in [3.8, 4) is 6.07 Å². The summed E-state index contributed by atoms with van der Waals surface area (Å²) in [4.78, 5) is 22.1. The molecule has 1 unspecified atom stereocenters. The molecule has 0 aliphatic carbocycles. The van der Waals surface area contributed by atoms with Crippen molar-refractivity contribution < 1.29 is 19.4 Å². The Morgan fingerprint density at radius 1 is 1.41 bits per heavy atom. The van der Waals surface area contributed by atoms with Crippen molar-refractivity contribution in [2.24, 2.45) is 5.92 Å². The van der Waals surface area contributed by atoms with Gasteiger partial charge in [0.2, 0.25) is 0 Å². The van der Waals surface area contributed by atoms with Gasteiger partial charge in [0, 0.05) is 0 Å². The van der Waals surface area contributed by atoms with E-state index in [0.29, 0.717) is 11.1 Å². The predicted octanol–water partition coefficient (Wildman–Crippen LogP) is 0.975. The van der Waals surface area contributed by atoms with Crippen LogP contribution in [-0.4, -0.2) is 24.2 Å². The van der Waals surface area contributed by atoms with E-state index in [1.54, 1.807) is 24.3 Å². The van der Waals surface area contributed by atoms with Crippen LogP contribution in [0.1, 0.15) is 11.1 Å². The van der Waals surface area contributed by atoms with E-state index < -0.39 is 17.9 Å². The van der Waals surface area contributed by atoms with Crippen LogP contribution in [0.25, 0.3) is 0 Å².